The van der Waals surface area contributed by atoms with Crippen molar-refractivity contribution >= 4 is 45.4 Å². The molecule has 0 atom stereocenters. The summed E-state index contributed by atoms with van der Waals surface area (Å²) in [6.07, 6.45) is 0. The van der Waals surface area contributed by atoms with Crippen LogP contribution in [0.5, 0.6) is 5.75 Å². The van der Waals surface area contributed by atoms with Gasteiger partial charge in [0.2, 0.25) is 0 Å². The van der Waals surface area contributed by atoms with Gasteiger partial charge in [0.25, 0.3) is 0 Å². The molecular formula is C24H17NO2S. The lowest BCUT2D eigenvalue weighted by atomic mass is 10.0. The Morgan fingerprint density at radius 2 is 1.61 bits per heavy atom. The van der Waals surface area contributed by atoms with E-state index in [2.05, 4.69) is 11.0 Å². The second-order valence-electron chi connectivity index (χ2n) is 6.80. The van der Waals surface area contributed by atoms with Crippen molar-refractivity contribution in [3.05, 3.63) is 84.4 Å². The molecule has 136 valence electrons. The van der Waals surface area contributed by atoms with E-state index < -0.39 is 0 Å². The molecule has 0 saturated carbocycles. The van der Waals surface area contributed by atoms with Crippen LogP contribution in [0, 0.1) is 0 Å². The highest BCUT2D eigenvalue weighted by atomic mass is 32.2. The average molecular weight is 383 g/mol. The lowest BCUT2D eigenvalue weighted by Crippen LogP contribution is -2.16. The topological polar surface area (TPSA) is 40.5 Å². The van der Waals surface area contributed by atoms with Gasteiger partial charge in [-0.3, -0.25) is 4.79 Å². The summed E-state index contributed by atoms with van der Waals surface area (Å²) in [5, 5.41) is 12.9. The highest BCUT2D eigenvalue weighted by Crippen LogP contribution is 2.54. The summed E-state index contributed by atoms with van der Waals surface area (Å²) >= 11 is 1.68. The lowest BCUT2D eigenvalue weighted by Gasteiger charge is -2.34. The summed E-state index contributed by atoms with van der Waals surface area (Å²) in [7, 11) is 0. The van der Waals surface area contributed by atoms with Crippen LogP contribution in [0.4, 0.5) is 17.1 Å². The van der Waals surface area contributed by atoms with Crippen LogP contribution in [-0.4, -0.2) is 10.9 Å². The van der Waals surface area contributed by atoms with Crippen molar-refractivity contribution in [1.82, 2.24) is 0 Å². The molecule has 1 heterocycles. The number of phenolic OH excluding ortho intramolecular Hbond substituents is 1. The Morgan fingerprint density at radius 3 is 2.46 bits per heavy atom. The molecule has 4 aromatic carbocycles. The van der Waals surface area contributed by atoms with E-state index in [0.29, 0.717) is 5.56 Å². The molecule has 0 saturated heterocycles. The lowest BCUT2D eigenvalue weighted by molar-refractivity contribution is 0.101. The Bertz CT molecular complexity index is 1250. The molecule has 0 aromatic heterocycles. The van der Waals surface area contributed by atoms with Crippen molar-refractivity contribution in [2.45, 2.75) is 16.7 Å². The van der Waals surface area contributed by atoms with E-state index >= 15 is 0 Å². The molecule has 4 aromatic rings. The van der Waals surface area contributed by atoms with Crippen LogP contribution in [0.3, 0.4) is 0 Å². The Kier molecular flexibility index (Phi) is 3.88. The summed E-state index contributed by atoms with van der Waals surface area (Å²) in [6, 6.07) is 25.6. The predicted molar refractivity (Wildman–Crippen MR) is 114 cm³/mol. The van der Waals surface area contributed by atoms with Gasteiger partial charge in [0, 0.05) is 20.7 Å². The number of para-hydroxylation sites is 1. The van der Waals surface area contributed by atoms with Crippen LogP contribution in [0.1, 0.15) is 17.3 Å². The van der Waals surface area contributed by atoms with Gasteiger partial charge >= 0.3 is 0 Å². The molecule has 1 aliphatic heterocycles. The molecule has 5 rings (SSSR count). The van der Waals surface area contributed by atoms with Gasteiger partial charge in [-0.05, 0) is 42.6 Å². The predicted octanol–water partition coefficient (Wildman–Crippen LogP) is 6.68. The summed E-state index contributed by atoms with van der Waals surface area (Å²) < 4.78 is 0. The Labute approximate surface area is 167 Å². The van der Waals surface area contributed by atoms with Gasteiger partial charge in [0.05, 0.1) is 17.1 Å². The van der Waals surface area contributed by atoms with Crippen LogP contribution >= 0.6 is 11.8 Å². The molecule has 0 aliphatic carbocycles. The maximum absolute atomic E-state index is 12.0. The zero-order valence-electron chi connectivity index (χ0n) is 15.2. The first-order chi connectivity index (χ1) is 13.6. The number of carbonyl (C=O) groups excluding carboxylic acids is 1. The third kappa shape index (κ3) is 2.57. The van der Waals surface area contributed by atoms with Gasteiger partial charge in [-0.2, -0.15) is 0 Å². The fourth-order valence-electron chi connectivity index (χ4n) is 3.69. The largest absolute Gasteiger partial charge is 0.506 e. The minimum absolute atomic E-state index is 0.0220. The molecule has 4 heteroatoms. The second kappa shape index (κ2) is 6.43. The molecule has 0 amide bonds. The van der Waals surface area contributed by atoms with E-state index in [-0.39, 0.29) is 11.5 Å². The fourth-order valence-corrected chi connectivity index (χ4v) is 4.73. The van der Waals surface area contributed by atoms with Crippen molar-refractivity contribution in [3.63, 3.8) is 0 Å². The van der Waals surface area contributed by atoms with Gasteiger partial charge in [-0.15, -0.1) is 0 Å². The number of phenols is 1. The SMILES string of the molecule is CC(=O)c1ccc2c(c1)N(c1c(O)ccc3ccccc13)c1ccccc1S2. The number of hydrogen-bond acceptors (Lipinski definition) is 4. The summed E-state index contributed by atoms with van der Waals surface area (Å²) in [5.41, 5.74) is 3.28. The van der Waals surface area contributed by atoms with Crippen molar-refractivity contribution in [2.75, 3.05) is 4.90 Å². The van der Waals surface area contributed by atoms with E-state index in [9.17, 15) is 9.90 Å². The Morgan fingerprint density at radius 1 is 0.857 bits per heavy atom. The first-order valence-electron chi connectivity index (χ1n) is 9.06. The molecule has 0 fully saturated rings. The number of nitrogens with zero attached hydrogens (tertiary/aromatic N) is 1. The third-order valence-corrected chi connectivity index (χ3v) is 6.17. The summed E-state index contributed by atoms with van der Waals surface area (Å²) in [6.45, 7) is 1.57. The zero-order valence-corrected chi connectivity index (χ0v) is 16.0. The van der Waals surface area contributed by atoms with Gasteiger partial charge in [-0.1, -0.05) is 60.3 Å². The normalized spacial score (nSPS) is 12.5. The van der Waals surface area contributed by atoms with Crippen molar-refractivity contribution in [1.29, 1.82) is 0 Å². The number of aromatic hydroxyl groups is 1. The molecular weight excluding hydrogens is 366 g/mol. The summed E-state index contributed by atoms with van der Waals surface area (Å²) in [5.74, 6) is 0.230. The number of hydrogen-bond donors (Lipinski definition) is 1. The van der Waals surface area contributed by atoms with Crippen LogP contribution in [0.2, 0.25) is 0 Å². The molecule has 1 aliphatic rings. The number of benzene rings is 4. The number of carbonyl (C=O) groups is 1. The Balaban J connectivity index is 1.87. The van der Waals surface area contributed by atoms with Crippen molar-refractivity contribution in [3.8, 4) is 5.75 Å². The first-order valence-corrected chi connectivity index (χ1v) is 9.88. The average Bonchev–Trinajstić information content (AvgIpc) is 2.72. The monoisotopic (exact) mass is 383 g/mol. The van der Waals surface area contributed by atoms with Crippen molar-refractivity contribution < 1.29 is 9.90 Å². The Hall–Kier alpha value is -3.24. The first kappa shape index (κ1) is 16.9. The van der Waals surface area contributed by atoms with Crippen LogP contribution < -0.4 is 4.90 Å². The van der Waals surface area contributed by atoms with E-state index in [4.69, 9.17) is 0 Å². The minimum atomic E-state index is 0.0220. The van der Waals surface area contributed by atoms with Gasteiger partial charge in [-0.25, -0.2) is 0 Å². The third-order valence-electron chi connectivity index (χ3n) is 5.04. The summed E-state index contributed by atoms with van der Waals surface area (Å²) in [4.78, 5) is 16.3. The minimum Gasteiger partial charge on any atom is -0.506 e. The quantitative estimate of drug-likeness (QED) is 0.345. The van der Waals surface area contributed by atoms with Crippen LogP contribution in [0.25, 0.3) is 10.8 Å². The molecule has 3 nitrogen and oxygen atoms in total. The maximum atomic E-state index is 12.0. The number of fused-ring (bicyclic) bond motifs is 3. The van der Waals surface area contributed by atoms with Crippen molar-refractivity contribution in [2.24, 2.45) is 0 Å². The van der Waals surface area contributed by atoms with Gasteiger partial charge in [0.1, 0.15) is 5.75 Å². The van der Waals surface area contributed by atoms with Gasteiger partial charge in [0.15, 0.2) is 5.78 Å². The fraction of sp³-hybridized carbons (Fsp3) is 0.0417. The molecule has 0 bridgehead atoms. The van der Waals surface area contributed by atoms with Crippen LogP contribution in [-0.2, 0) is 0 Å². The number of anilines is 3. The number of rotatable bonds is 2. The van der Waals surface area contributed by atoms with E-state index in [0.717, 1.165) is 37.6 Å². The highest BCUT2D eigenvalue weighted by Gasteiger charge is 2.28. The molecule has 0 spiro atoms. The molecule has 0 unspecified atom stereocenters. The smallest absolute Gasteiger partial charge is 0.159 e. The number of ketones is 1. The van der Waals surface area contributed by atoms with E-state index in [1.54, 1.807) is 24.8 Å². The van der Waals surface area contributed by atoms with Crippen LogP contribution in [0.15, 0.2) is 88.7 Å². The maximum Gasteiger partial charge on any atom is 0.159 e. The van der Waals surface area contributed by atoms with E-state index in [1.165, 1.54) is 0 Å². The zero-order chi connectivity index (χ0) is 19.3. The van der Waals surface area contributed by atoms with E-state index in [1.807, 2.05) is 66.7 Å². The molecule has 1 N–H and O–H groups in total. The molecule has 0 radical (unpaired) electrons. The molecule has 28 heavy (non-hydrogen) atoms. The standard InChI is InChI=1S/C24H17NO2S/c1-15(26)17-11-13-23-20(14-17)25(19-8-4-5-9-22(19)28-23)24-18-7-3-2-6-16(18)10-12-21(24)27/h2-14,27H,1H3. The number of Topliss-reactive ketones (excluding diaryl/α,β-unsaturated/α-hetero) is 1. The van der Waals surface area contributed by atoms with Gasteiger partial charge < -0.3 is 10.0 Å². The second-order valence-corrected chi connectivity index (χ2v) is 7.88. The highest BCUT2D eigenvalue weighted by molar-refractivity contribution is 7.99.